The monoisotopic (exact) mass is 666 g/mol. The first-order valence-corrected chi connectivity index (χ1v) is 15.1. The van der Waals surface area contributed by atoms with E-state index in [9.17, 15) is 14.7 Å². The zero-order valence-corrected chi connectivity index (χ0v) is 28.1. The van der Waals surface area contributed by atoms with Gasteiger partial charge in [0.05, 0.1) is 5.39 Å². The van der Waals surface area contributed by atoms with Crippen molar-refractivity contribution in [3.05, 3.63) is 29.1 Å². The van der Waals surface area contributed by atoms with Crippen LogP contribution in [0, 0.1) is 0 Å². The molecule has 2 amide bonds. The van der Waals surface area contributed by atoms with Gasteiger partial charge in [0.25, 0.3) is 0 Å². The summed E-state index contributed by atoms with van der Waals surface area (Å²) in [7, 11) is 0. The molecule has 1 N–H and O–H groups in total. The second-order valence-corrected chi connectivity index (χ2v) is 14.5. The number of nitrogens with zero attached hydrogens (tertiary/aromatic N) is 4. The fourth-order valence-corrected chi connectivity index (χ4v) is 6.08. The van der Waals surface area contributed by atoms with Gasteiger partial charge in [0.15, 0.2) is 17.8 Å². The number of halogens is 1. The summed E-state index contributed by atoms with van der Waals surface area (Å²) in [5.41, 5.74) is -3.30. The van der Waals surface area contributed by atoms with Gasteiger partial charge in [0, 0.05) is 17.3 Å². The second kappa shape index (κ2) is 11.4. The normalized spacial score (nSPS) is 27.1. The number of aromatic nitrogens is 3. The van der Waals surface area contributed by atoms with Crippen LogP contribution in [0.2, 0.25) is 0 Å². The number of fused-ring (bicyclic) bond motifs is 2. The second-order valence-electron chi connectivity index (χ2n) is 13.6. The largest absolute Gasteiger partial charge is 0.443 e. The Labute approximate surface area is 260 Å². The molecule has 2 unspecified atom stereocenters. The summed E-state index contributed by atoms with van der Waals surface area (Å²) in [5.74, 6) is -0.929. The van der Waals surface area contributed by atoms with Crippen molar-refractivity contribution in [1.29, 1.82) is 0 Å². The minimum atomic E-state index is -0.991. The van der Waals surface area contributed by atoms with Crippen LogP contribution in [0.1, 0.15) is 88.3 Å². The Balaban J connectivity index is 1.85. The molecule has 0 saturated carbocycles. The molecule has 13 heteroatoms. The highest BCUT2D eigenvalue weighted by Crippen LogP contribution is 2.58. The van der Waals surface area contributed by atoms with Crippen LogP contribution in [0.4, 0.5) is 15.4 Å². The minimum Gasteiger partial charge on any atom is -0.443 e. The van der Waals surface area contributed by atoms with Crippen molar-refractivity contribution in [2.45, 2.75) is 123 Å². The van der Waals surface area contributed by atoms with E-state index < -0.39 is 52.7 Å². The Morgan fingerprint density at radius 2 is 1.63 bits per heavy atom. The van der Waals surface area contributed by atoms with Gasteiger partial charge < -0.3 is 33.4 Å². The number of aliphatic hydroxyl groups is 1. The number of anilines is 1. The van der Waals surface area contributed by atoms with Crippen molar-refractivity contribution in [2.75, 3.05) is 11.5 Å². The highest BCUT2D eigenvalue weighted by molar-refractivity contribution is 9.10. The SMILES string of the molecule is CC(C)(C)OC(=O)N(C(=O)OC(C)(C)C)c1ncnc2c1c(Br)cn2[C@@H]1O[C@H](/C=C/CCCO)C2(C)OC(C)(C)OC12C. The van der Waals surface area contributed by atoms with Gasteiger partial charge in [-0.05, 0) is 98.0 Å². The highest BCUT2D eigenvalue weighted by atomic mass is 79.9. The molecule has 2 aromatic heterocycles. The molecule has 2 aliphatic rings. The Kier molecular flexibility index (Phi) is 8.84. The van der Waals surface area contributed by atoms with Gasteiger partial charge in [-0.1, -0.05) is 12.2 Å². The molecule has 0 spiro atoms. The Hall–Kier alpha value is -2.58. The van der Waals surface area contributed by atoms with Crippen LogP contribution in [-0.4, -0.2) is 72.7 Å². The first-order chi connectivity index (χ1) is 19.7. The smallest absolute Gasteiger partial charge is 0.425 e. The molecule has 238 valence electrons. The minimum absolute atomic E-state index is 0.0191. The number of imide groups is 1. The van der Waals surface area contributed by atoms with Crippen molar-refractivity contribution in [1.82, 2.24) is 14.5 Å². The number of rotatable bonds is 6. The standard InChI is InChI=1S/C30H43BrN4O8/c1-26(2,3)40-24(37)35(25(38)41-27(4,5)6)22-20-18(31)16-34(21(20)32-17-33-22)23-30(10)29(9,42-28(7,8)43-30)19(39-23)14-12-11-13-15-36/h12,14,16-17,19,23,36H,11,13,15H2,1-10H3/b14-12+/t19-,23-,29?,30?/m1/s1. The van der Waals surface area contributed by atoms with Crippen LogP contribution in [0.5, 0.6) is 0 Å². The Bertz CT molecular complexity index is 1380. The lowest BCUT2D eigenvalue weighted by molar-refractivity contribution is -0.216. The van der Waals surface area contributed by atoms with Gasteiger partial charge in [0.1, 0.15) is 40.5 Å². The van der Waals surface area contributed by atoms with Gasteiger partial charge in [-0.2, -0.15) is 4.90 Å². The number of amides is 2. The number of unbranched alkanes of at least 4 members (excludes halogenated alkanes) is 1. The maximum atomic E-state index is 13.4. The third kappa shape index (κ3) is 6.46. The topological polar surface area (TPSA) is 134 Å². The summed E-state index contributed by atoms with van der Waals surface area (Å²) >= 11 is 3.61. The van der Waals surface area contributed by atoms with E-state index in [1.54, 1.807) is 52.3 Å². The van der Waals surface area contributed by atoms with Crippen LogP contribution in [0.3, 0.4) is 0 Å². The summed E-state index contributed by atoms with van der Waals surface area (Å²) < 4.78 is 33.1. The van der Waals surface area contributed by atoms with Crippen LogP contribution in [0.15, 0.2) is 29.1 Å². The van der Waals surface area contributed by atoms with Crippen molar-refractivity contribution in [3.8, 4) is 0 Å². The van der Waals surface area contributed by atoms with Crippen molar-refractivity contribution >= 4 is 45.0 Å². The molecule has 2 saturated heterocycles. The molecule has 4 heterocycles. The van der Waals surface area contributed by atoms with Crippen LogP contribution >= 0.6 is 15.9 Å². The molecule has 0 bridgehead atoms. The van der Waals surface area contributed by atoms with E-state index in [-0.39, 0.29) is 12.4 Å². The molecule has 0 aromatic carbocycles. The van der Waals surface area contributed by atoms with Gasteiger partial charge >= 0.3 is 12.2 Å². The van der Waals surface area contributed by atoms with E-state index in [0.29, 0.717) is 28.3 Å². The molecule has 4 rings (SSSR count). The van der Waals surface area contributed by atoms with E-state index >= 15 is 0 Å². The van der Waals surface area contributed by atoms with Crippen molar-refractivity contribution in [2.24, 2.45) is 0 Å². The van der Waals surface area contributed by atoms with Gasteiger partial charge in [-0.3, -0.25) is 0 Å². The van der Waals surface area contributed by atoms with Crippen LogP contribution in [-0.2, 0) is 23.7 Å². The number of carbonyl (C=O) groups is 2. The maximum Gasteiger partial charge on any atom is 0.425 e. The van der Waals surface area contributed by atoms with Crippen LogP contribution in [0.25, 0.3) is 11.0 Å². The van der Waals surface area contributed by atoms with Gasteiger partial charge in [-0.15, -0.1) is 0 Å². The molecule has 2 fully saturated rings. The maximum absolute atomic E-state index is 13.4. The van der Waals surface area contributed by atoms with Gasteiger partial charge in [-0.25, -0.2) is 19.6 Å². The molecule has 0 aliphatic carbocycles. The number of aliphatic hydroxyl groups excluding tert-OH is 1. The molecule has 12 nitrogen and oxygen atoms in total. The summed E-state index contributed by atoms with van der Waals surface area (Å²) in [6.45, 7) is 17.9. The molecule has 4 atom stereocenters. The molecule has 43 heavy (non-hydrogen) atoms. The summed E-state index contributed by atoms with van der Waals surface area (Å²) in [6.07, 6.45) is 5.11. The first kappa shape index (κ1) is 33.3. The molecule has 2 aromatic rings. The molecular formula is C30H43BrN4O8. The number of hydrogen-bond donors (Lipinski definition) is 1. The number of allylic oxidation sites excluding steroid dienone is 1. The predicted molar refractivity (Wildman–Crippen MR) is 163 cm³/mol. The lowest BCUT2D eigenvalue weighted by Gasteiger charge is -2.34. The predicted octanol–water partition coefficient (Wildman–Crippen LogP) is 6.40. The van der Waals surface area contributed by atoms with E-state index in [1.807, 2.05) is 39.8 Å². The van der Waals surface area contributed by atoms with Gasteiger partial charge in [0.2, 0.25) is 0 Å². The average molecular weight is 668 g/mol. The quantitative estimate of drug-likeness (QED) is 0.273. The summed E-state index contributed by atoms with van der Waals surface area (Å²) in [4.78, 5) is 36.6. The lowest BCUT2D eigenvalue weighted by Crippen LogP contribution is -2.51. The third-order valence-electron chi connectivity index (χ3n) is 7.19. The fourth-order valence-electron chi connectivity index (χ4n) is 5.50. The molecular weight excluding hydrogens is 624 g/mol. The summed E-state index contributed by atoms with van der Waals surface area (Å²) in [6, 6.07) is 0. The number of ether oxygens (including phenoxy) is 5. The third-order valence-corrected chi connectivity index (χ3v) is 7.79. The van der Waals surface area contributed by atoms with Crippen LogP contribution < -0.4 is 4.90 Å². The highest BCUT2D eigenvalue weighted by Gasteiger charge is 2.71. The van der Waals surface area contributed by atoms with Crippen molar-refractivity contribution in [3.63, 3.8) is 0 Å². The zero-order valence-electron chi connectivity index (χ0n) is 26.6. The lowest BCUT2D eigenvalue weighted by atomic mass is 9.83. The fraction of sp³-hybridized carbons (Fsp3) is 0.667. The molecule has 2 aliphatic heterocycles. The Morgan fingerprint density at radius 1 is 1.05 bits per heavy atom. The average Bonchev–Trinajstić information content (AvgIpc) is 3.33. The van der Waals surface area contributed by atoms with Crippen molar-refractivity contribution < 1.29 is 38.4 Å². The van der Waals surface area contributed by atoms with E-state index in [4.69, 9.17) is 23.7 Å². The zero-order chi connectivity index (χ0) is 32.2. The van der Waals surface area contributed by atoms with E-state index in [1.165, 1.54) is 6.33 Å². The van der Waals surface area contributed by atoms with E-state index in [0.717, 1.165) is 4.90 Å². The van der Waals surface area contributed by atoms with E-state index in [2.05, 4.69) is 25.9 Å². The first-order valence-electron chi connectivity index (χ1n) is 14.3. The molecule has 0 radical (unpaired) electrons. The summed E-state index contributed by atoms with van der Waals surface area (Å²) in [5, 5.41) is 9.58. The Morgan fingerprint density at radius 3 is 2.19 bits per heavy atom. The number of carbonyl (C=O) groups excluding carboxylic acids is 2. The number of hydrogen-bond acceptors (Lipinski definition) is 10.